The number of ether oxygens (including phenoxy) is 1. The van der Waals surface area contributed by atoms with E-state index in [0.717, 1.165) is 58.0 Å². The Morgan fingerprint density at radius 2 is 1.83 bits per heavy atom. The van der Waals surface area contributed by atoms with Crippen LogP contribution in [0, 0.1) is 17.7 Å². The maximum Gasteiger partial charge on any atom is 0.319 e. The molecule has 7 heteroatoms. The van der Waals surface area contributed by atoms with Gasteiger partial charge in [0, 0.05) is 18.3 Å². The number of primary amides is 1. The van der Waals surface area contributed by atoms with Gasteiger partial charge < -0.3 is 20.5 Å². The molecule has 1 atom stereocenters. The predicted octanol–water partition coefficient (Wildman–Crippen LogP) is 4.60. The summed E-state index contributed by atoms with van der Waals surface area (Å²) >= 11 is 0. The van der Waals surface area contributed by atoms with Gasteiger partial charge in [0.25, 0.3) is 0 Å². The molecule has 190 valence electrons. The van der Waals surface area contributed by atoms with Crippen LogP contribution in [-0.2, 0) is 6.42 Å². The number of nitrogens with two attached hydrogens (primary N) is 1. The minimum atomic E-state index is -1.04. The summed E-state index contributed by atoms with van der Waals surface area (Å²) < 4.78 is 18.5. The second-order valence-electron chi connectivity index (χ2n) is 10.3. The van der Waals surface area contributed by atoms with Crippen molar-refractivity contribution in [1.29, 1.82) is 0 Å². The quantitative estimate of drug-likeness (QED) is 0.547. The molecule has 2 aliphatic rings. The lowest BCUT2D eigenvalue weighted by atomic mass is 9.83. The molecule has 0 aromatic heterocycles. The fraction of sp³-hybridized carbons (Fsp3) is 0.536. The molecule has 1 saturated carbocycles. The third-order valence-corrected chi connectivity index (χ3v) is 7.82. The number of piperidine rings is 1. The van der Waals surface area contributed by atoms with Gasteiger partial charge in [0.05, 0.1) is 19.3 Å². The van der Waals surface area contributed by atoms with Gasteiger partial charge in [0.1, 0.15) is 11.6 Å². The van der Waals surface area contributed by atoms with Crippen molar-refractivity contribution in [3.63, 3.8) is 0 Å². The molecular formula is C28H38FN3O3. The number of hydrogen-bond acceptors (Lipinski definition) is 4. The zero-order chi connectivity index (χ0) is 24.8. The van der Waals surface area contributed by atoms with Gasteiger partial charge in [-0.25, -0.2) is 9.18 Å². The van der Waals surface area contributed by atoms with Crippen LogP contribution in [0.25, 0.3) is 0 Å². The van der Waals surface area contributed by atoms with E-state index in [4.69, 9.17) is 10.5 Å². The minimum Gasteiger partial charge on any atom is -0.497 e. The number of amides is 2. The third kappa shape index (κ3) is 6.53. The van der Waals surface area contributed by atoms with E-state index >= 15 is 0 Å². The average molecular weight is 484 g/mol. The van der Waals surface area contributed by atoms with E-state index < -0.39 is 11.6 Å². The first kappa shape index (κ1) is 25.5. The van der Waals surface area contributed by atoms with Crippen molar-refractivity contribution in [2.24, 2.45) is 17.6 Å². The molecule has 2 fully saturated rings. The lowest BCUT2D eigenvalue weighted by molar-refractivity contribution is -0.0426. The van der Waals surface area contributed by atoms with Crippen molar-refractivity contribution in [3.05, 3.63) is 59.9 Å². The number of hydrogen-bond donors (Lipinski definition) is 2. The van der Waals surface area contributed by atoms with E-state index in [-0.39, 0.29) is 18.3 Å². The molecule has 6 nitrogen and oxygen atoms in total. The number of carbonyl (C=O) groups is 1. The Kier molecular flexibility index (Phi) is 8.29. The monoisotopic (exact) mass is 483 g/mol. The summed E-state index contributed by atoms with van der Waals surface area (Å²) in [7, 11) is 1.59. The van der Waals surface area contributed by atoms with Crippen LogP contribution in [0.5, 0.6) is 5.75 Å². The van der Waals surface area contributed by atoms with E-state index in [1.807, 2.05) is 30.3 Å². The molecular weight excluding hydrogens is 445 g/mol. The van der Waals surface area contributed by atoms with E-state index in [1.165, 1.54) is 22.6 Å². The van der Waals surface area contributed by atoms with E-state index in [1.54, 1.807) is 13.2 Å². The van der Waals surface area contributed by atoms with Crippen LogP contribution in [-0.4, -0.2) is 54.9 Å². The van der Waals surface area contributed by atoms with Crippen LogP contribution in [0.2, 0.25) is 0 Å². The van der Waals surface area contributed by atoms with Crippen LogP contribution in [0.3, 0.4) is 0 Å². The highest BCUT2D eigenvalue weighted by molar-refractivity contribution is 5.91. The summed E-state index contributed by atoms with van der Waals surface area (Å²) in [5, 5.41) is 12.0. The predicted molar refractivity (Wildman–Crippen MR) is 136 cm³/mol. The van der Waals surface area contributed by atoms with Gasteiger partial charge in [-0.05, 0) is 86.9 Å². The van der Waals surface area contributed by atoms with Gasteiger partial charge >= 0.3 is 6.03 Å². The highest BCUT2D eigenvalue weighted by Crippen LogP contribution is 2.37. The van der Waals surface area contributed by atoms with Crippen molar-refractivity contribution in [3.8, 4) is 5.75 Å². The minimum absolute atomic E-state index is 0.131. The zero-order valence-electron chi connectivity index (χ0n) is 20.7. The summed E-state index contributed by atoms with van der Waals surface area (Å²) in [6, 6.07) is 13.5. The number of anilines is 1. The van der Waals surface area contributed by atoms with Gasteiger partial charge in [-0.1, -0.05) is 31.0 Å². The molecule has 1 aliphatic heterocycles. The molecule has 0 spiro atoms. The number of methoxy groups -OCH3 is 1. The molecule has 2 amide bonds. The highest BCUT2D eigenvalue weighted by Gasteiger charge is 2.42. The van der Waals surface area contributed by atoms with E-state index in [0.29, 0.717) is 23.9 Å². The zero-order valence-corrected chi connectivity index (χ0v) is 20.7. The van der Waals surface area contributed by atoms with Gasteiger partial charge in [0.15, 0.2) is 0 Å². The van der Waals surface area contributed by atoms with Crippen molar-refractivity contribution < 1.29 is 19.0 Å². The Bertz CT molecular complexity index is 972. The summed E-state index contributed by atoms with van der Waals surface area (Å²) in [5.41, 5.74) is 6.55. The molecule has 1 saturated heterocycles. The largest absolute Gasteiger partial charge is 0.497 e. The molecule has 0 unspecified atom stereocenters. The van der Waals surface area contributed by atoms with Crippen molar-refractivity contribution >= 4 is 11.7 Å². The van der Waals surface area contributed by atoms with Crippen molar-refractivity contribution in [1.82, 2.24) is 4.90 Å². The summed E-state index contributed by atoms with van der Waals surface area (Å²) in [6.07, 6.45) is 7.14. The molecule has 4 rings (SSSR count). The van der Waals surface area contributed by atoms with Gasteiger partial charge in [0.2, 0.25) is 0 Å². The normalized spacial score (nSPS) is 19.4. The van der Waals surface area contributed by atoms with Crippen molar-refractivity contribution in [2.75, 3.05) is 38.2 Å². The first-order valence-electron chi connectivity index (χ1n) is 12.8. The number of rotatable bonds is 9. The van der Waals surface area contributed by atoms with Crippen molar-refractivity contribution in [2.45, 2.75) is 50.5 Å². The number of β-amino-alcohol motifs (C(OH)–C–C–N with tert-alkyl or cyclic N) is 1. The number of aliphatic hydroxyl groups is 1. The highest BCUT2D eigenvalue weighted by atomic mass is 19.1. The Balaban J connectivity index is 1.43. The summed E-state index contributed by atoms with van der Waals surface area (Å²) in [5.74, 6) is 1.12. The van der Waals surface area contributed by atoms with Gasteiger partial charge in [-0.15, -0.1) is 0 Å². The maximum atomic E-state index is 13.2. The smallest absolute Gasteiger partial charge is 0.319 e. The van der Waals surface area contributed by atoms with Gasteiger partial charge in [-0.2, -0.15) is 0 Å². The second-order valence-corrected chi connectivity index (χ2v) is 10.3. The standard InChI is InChI=1S/C28H38FN3O3/c1-35-26-8-4-7-25(18-26)32(27(30)33)20-28(34,23-5-2-3-6-23)19-31-15-13-22(14-16-31)17-21-9-11-24(29)12-10-21/h4,7-12,18,22-23,34H,2-3,5-6,13-17,19-20H2,1H3,(H2,30,33)/t28-/m0/s1. The summed E-state index contributed by atoms with van der Waals surface area (Å²) in [4.78, 5) is 16.3. The van der Waals surface area contributed by atoms with Crippen LogP contribution in [0.1, 0.15) is 44.1 Å². The second kappa shape index (κ2) is 11.4. The van der Waals surface area contributed by atoms with E-state index in [9.17, 15) is 14.3 Å². The lowest BCUT2D eigenvalue weighted by Gasteiger charge is -2.43. The molecule has 3 N–H and O–H groups in total. The Morgan fingerprint density at radius 1 is 1.14 bits per heavy atom. The fourth-order valence-electron chi connectivity index (χ4n) is 5.81. The molecule has 35 heavy (non-hydrogen) atoms. The Hall–Kier alpha value is -2.64. The SMILES string of the molecule is COc1cccc(N(C[C@@](O)(CN2CCC(Cc3ccc(F)cc3)CC2)C2CCCC2)C(N)=O)c1. The lowest BCUT2D eigenvalue weighted by Crippen LogP contribution is -2.57. The molecule has 2 aromatic rings. The molecule has 1 heterocycles. The number of nitrogens with zero attached hydrogens (tertiary/aromatic N) is 2. The summed E-state index contributed by atoms with van der Waals surface area (Å²) in [6.45, 7) is 2.48. The average Bonchev–Trinajstić information content (AvgIpc) is 3.41. The van der Waals surface area contributed by atoms with Crippen LogP contribution >= 0.6 is 0 Å². The molecule has 2 aromatic carbocycles. The maximum absolute atomic E-state index is 13.2. The van der Waals surface area contributed by atoms with Crippen LogP contribution < -0.4 is 15.4 Å². The number of urea groups is 1. The number of benzene rings is 2. The number of likely N-dealkylation sites (tertiary alicyclic amines) is 1. The van der Waals surface area contributed by atoms with Gasteiger partial charge in [-0.3, -0.25) is 4.90 Å². The molecule has 0 bridgehead atoms. The Morgan fingerprint density at radius 3 is 2.46 bits per heavy atom. The number of carbonyl (C=O) groups excluding carboxylic acids is 1. The third-order valence-electron chi connectivity index (χ3n) is 7.82. The number of halogens is 1. The first-order chi connectivity index (χ1) is 16.9. The fourth-order valence-corrected chi connectivity index (χ4v) is 5.81. The van der Waals surface area contributed by atoms with Crippen LogP contribution in [0.4, 0.5) is 14.9 Å². The Labute approximate surface area is 207 Å². The molecule has 1 aliphatic carbocycles. The van der Waals surface area contributed by atoms with E-state index in [2.05, 4.69) is 4.90 Å². The molecule has 0 radical (unpaired) electrons. The van der Waals surface area contributed by atoms with Crippen LogP contribution in [0.15, 0.2) is 48.5 Å². The first-order valence-corrected chi connectivity index (χ1v) is 12.8. The topological polar surface area (TPSA) is 79.0 Å².